The Hall–Kier alpha value is -2.02. The summed E-state index contributed by atoms with van der Waals surface area (Å²) in [5, 5.41) is 3.51. The van der Waals surface area contributed by atoms with Crippen LogP contribution in [0.1, 0.15) is 53.5 Å². The highest BCUT2D eigenvalue weighted by atomic mass is 14.9. The van der Waals surface area contributed by atoms with E-state index in [4.69, 9.17) is 0 Å². The van der Waals surface area contributed by atoms with Crippen LogP contribution in [0.25, 0.3) is 0 Å². The summed E-state index contributed by atoms with van der Waals surface area (Å²) in [6.07, 6.45) is 9.68. The molecule has 0 amide bonds. The van der Waals surface area contributed by atoms with Gasteiger partial charge in [-0.05, 0) is 80.5 Å². The van der Waals surface area contributed by atoms with Gasteiger partial charge in [0.05, 0.1) is 0 Å². The summed E-state index contributed by atoms with van der Waals surface area (Å²) in [4.78, 5) is 0. The molecule has 0 bridgehead atoms. The van der Waals surface area contributed by atoms with Gasteiger partial charge in [0.1, 0.15) is 0 Å². The van der Waals surface area contributed by atoms with Gasteiger partial charge in [-0.25, -0.2) is 0 Å². The van der Waals surface area contributed by atoms with Crippen molar-refractivity contribution in [1.82, 2.24) is 5.32 Å². The minimum atomic E-state index is 0.988. The first-order chi connectivity index (χ1) is 12.2. The summed E-state index contributed by atoms with van der Waals surface area (Å²) >= 11 is 0. The molecule has 1 aliphatic carbocycles. The number of aryl methyl sites for hydroxylation is 4. The second-order valence-electron chi connectivity index (χ2n) is 7.43. The summed E-state index contributed by atoms with van der Waals surface area (Å²) in [5.74, 6) is 0. The van der Waals surface area contributed by atoms with Crippen molar-refractivity contribution in [2.45, 2.75) is 58.3 Å². The van der Waals surface area contributed by atoms with Crippen LogP contribution >= 0.6 is 0 Å². The Bertz CT molecular complexity index is 697. The van der Waals surface area contributed by atoms with E-state index in [9.17, 15) is 0 Å². The van der Waals surface area contributed by atoms with Crippen molar-refractivity contribution in [1.29, 1.82) is 0 Å². The molecule has 0 aromatic heterocycles. The second-order valence-corrected chi connectivity index (χ2v) is 7.43. The lowest BCUT2D eigenvalue weighted by Crippen LogP contribution is -2.16. The van der Waals surface area contributed by atoms with E-state index >= 15 is 0 Å². The van der Waals surface area contributed by atoms with E-state index < -0.39 is 0 Å². The molecule has 2 aromatic carbocycles. The number of fused-ring (bicyclic) bond motifs is 1. The average molecular weight is 334 g/mol. The first kappa shape index (κ1) is 17.8. The van der Waals surface area contributed by atoms with E-state index in [2.05, 4.69) is 61.3 Å². The smallest absolute Gasteiger partial charge is 0.0184 e. The molecule has 0 unspecified atom stereocenters. The molecule has 0 saturated heterocycles. The zero-order chi connectivity index (χ0) is 17.5. The van der Waals surface area contributed by atoms with Crippen molar-refractivity contribution >= 4 is 0 Å². The molecule has 1 heteroatoms. The zero-order valence-electron chi connectivity index (χ0n) is 15.6. The maximum Gasteiger partial charge on any atom is 0.0184 e. The van der Waals surface area contributed by atoms with Crippen LogP contribution in [0.4, 0.5) is 0 Å². The van der Waals surface area contributed by atoms with Crippen LogP contribution < -0.4 is 5.32 Å². The van der Waals surface area contributed by atoms with Gasteiger partial charge in [0.25, 0.3) is 0 Å². The van der Waals surface area contributed by atoms with Crippen molar-refractivity contribution in [2.75, 3.05) is 6.54 Å². The normalized spacial score (nSPS) is 13.3. The third kappa shape index (κ3) is 5.49. The second kappa shape index (κ2) is 8.89. The van der Waals surface area contributed by atoms with Crippen LogP contribution in [0, 0.1) is 6.92 Å². The minimum Gasteiger partial charge on any atom is -0.388 e. The van der Waals surface area contributed by atoms with Gasteiger partial charge in [0, 0.05) is 12.2 Å². The summed E-state index contributed by atoms with van der Waals surface area (Å²) in [6, 6.07) is 16.0. The number of nitrogens with one attached hydrogen (secondary N) is 1. The lowest BCUT2D eigenvalue weighted by atomic mass is 9.90. The molecule has 1 aliphatic rings. The molecule has 0 aliphatic heterocycles. The number of benzene rings is 2. The molecule has 0 heterocycles. The lowest BCUT2D eigenvalue weighted by Gasteiger charge is -2.17. The molecule has 0 atom stereocenters. The summed E-state index contributed by atoms with van der Waals surface area (Å²) in [5.41, 5.74) is 8.54. The van der Waals surface area contributed by atoms with Crippen molar-refractivity contribution in [3.63, 3.8) is 0 Å². The number of rotatable bonds is 8. The number of hydrogen-bond acceptors (Lipinski definition) is 1. The molecular weight excluding hydrogens is 302 g/mol. The molecular formula is C24H31N. The summed E-state index contributed by atoms with van der Waals surface area (Å²) in [6.45, 7) is 7.32. The van der Waals surface area contributed by atoms with Gasteiger partial charge in [0.15, 0.2) is 0 Å². The van der Waals surface area contributed by atoms with E-state index in [1.165, 1.54) is 48.1 Å². The van der Waals surface area contributed by atoms with Crippen molar-refractivity contribution in [3.05, 3.63) is 82.6 Å². The molecule has 1 N–H and O–H groups in total. The Balaban J connectivity index is 1.35. The first-order valence-corrected chi connectivity index (χ1v) is 9.78. The predicted molar refractivity (Wildman–Crippen MR) is 108 cm³/mol. The third-order valence-corrected chi connectivity index (χ3v) is 5.27. The van der Waals surface area contributed by atoms with E-state index in [-0.39, 0.29) is 0 Å². The van der Waals surface area contributed by atoms with Gasteiger partial charge in [-0.3, -0.25) is 0 Å². The summed E-state index contributed by atoms with van der Waals surface area (Å²) in [7, 11) is 0. The van der Waals surface area contributed by atoms with Gasteiger partial charge < -0.3 is 5.32 Å². The maximum atomic E-state index is 4.19. The van der Waals surface area contributed by atoms with Crippen molar-refractivity contribution in [3.8, 4) is 0 Å². The fourth-order valence-corrected chi connectivity index (χ4v) is 3.67. The topological polar surface area (TPSA) is 12.0 Å². The SMILES string of the molecule is C=C(CCCc1ccc(C)cc1)NCCc1ccc2c(c1)CCCC2. The minimum absolute atomic E-state index is 0.988. The van der Waals surface area contributed by atoms with Gasteiger partial charge in [-0.1, -0.05) is 54.6 Å². The van der Waals surface area contributed by atoms with E-state index in [0.29, 0.717) is 0 Å². The monoisotopic (exact) mass is 333 g/mol. The molecule has 1 nitrogen and oxygen atoms in total. The van der Waals surface area contributed by atoms with Crippen LogP contribution in [-0.4, -0.2) is 6.54 Å². The van der Waals surface area contributed by atoms with Crippen LogP contribution in [0.2, 0.25) is 0 Å². The van der Waals surface area contributed by atoms with Crippen LogP contribution in [0.5, 0.6) is 0 Å². The standard InChI is InChI=1S/C24H31N/c1-19-10-12-21(13-11-19)7-5-6-20(2)25-17-16-22-14-15-23-8-3-4-9-24(23)18-22/h10-15,18,25H,2-9,16-17H2,1H3. The van der Waals surface area contributed by atoms with Crippen LogP contribution in [0.3, 0.4) is 0 Å². The molecule has 0 spiro atoms. The molecule has 0 fully saturated rings. The molecule has 25 heavy (non-hydrogen) atoms. The molecule has 0 radical (unpaired) electrons. The number of hydrogen-bond donors (Lipinski definition) is 1. The van der Waals surface area contributed by atoms with Gasteiger partial charge in [-0.15, -0.1) is 0 Å². The quantitative estimate of drug-likeness (QED) is 0.668. The lowest BCUT2D eigenvalue weighted by molar-refractivity contribution is 0.681. The van der Waals surface area contributed by atoms with Gasteiger partial charge in [0.2, 0.25) is 0 Å². The van der Waals surface area contributed by atoms with Crippen LogP contribution in [-0.2, 0) is 25.7 Å². The van der Waals surface area contributed by atoms with Gasteiger partial charge in [-0.2, -0.15) is 0 Å². The number of allylic oxidation sites excluding steroid dienone is 1. The molecule has 132 valence electrons. The first-order valence-electron chi connectivity index (χ1n) is 9.78. The van der Waals surface area contributed by atoms with E-state index in [0.717, 1.165) is 32.2 Å². The maximum absolute atomic E-state index is 4.19. The van der Waals surface area contributed by atoms with Crippen LogP contribution in [0.15, 0.2) is 54.7 Å². The largest absolute Gasteiger partial charge is 0.388 e. The highest BCUT2D eigenvalue weighted by Gasteiger charge is 2.09. The molecule has 0 saturated carbocycles. The fraction of sp³-hybridized carbons (Fsp3) is 0.417. The third-order valence-electron chi connectivity index (χ3n) is 5.27. The zero-order valence-corrected chi connectivity index (χ0v) is 15.6. The Kier molecular flexibility index (Phi) is 6.33. The van der Waals surface area contributed by atoms with E-state index in [1.54, 1.807) is 11.1 Å². The highest BCUT2D eigenvalue weighted by Crippen LogP contribution is 2.22. The Morgan fingerprint density at radius 2 is 1.64 bits per heavy atom. The van der Waals surface area contributed by atoms with E-state index in [1.807, 2.05) is 0 Å². The average Bonchev–Trinajstić information content (AvgIpc) is 2.63. The highest BCUT2D eigenvalue weighted by molar-refractivity contribution is 5.34. The Labute approximate surface area is 153 Å². The Morgan fingerprint density at radius 1 is 0.920 bits per heavy atom. The molecule has 3 rings (SSSR count). The molecule has 2 aromatic rings. The summed E-state index contributed by atoms with van der Waals surface area (Å²) < 4.78 is 0. The van der Waals surface area contributed by atoms with Crippen molar-refractivity contribution < 1.29 is 0 Å². The Morgan fingerprint density at radius 3 is 2.44 bits per heavy atom. The van der Waals surface area contributed by atoms with Crippen molar-refractivity contribution in [2.24, 2.45) is 0 Å². The fourth-order valence-electron chi connectivity index (χ4n) is 3.67. The van der Waals surface area contributed by atoms with Gasteiger partial charge >= 0.3 is 0 Å². The predicted octanol–water partition coefficient (Wildman–Crippen LogP) is 5.54.